The first-order valence-electron chi connectivity index (χ1n) is 18.8. The number of ether oxygens (including phenoxy) is 3. The molecule has 0 saturated heterocycles. The van der Waals surface area contributed by atoms with Crippen LogP contribution in [0, 0.1) is 11.8 Å². The standard InChI is InChI=1S/C31H58N6O4.C7H7NO3/c1-28(2,32)16-20-39-31(7,8)15-19-37-25-13-11-23-22(10-12-24(25)35-36-37)26(23)41-27(38)34-18-14-30(5,6)40-21-17-29(3,4)33-9;9-5-1-4-8-6(10)2-3-7(8)11/h22-23,26,33H,10-21,32H2,1-9H3,(H,34,38);2-3,5H,1,4H2. The van der Waals surface area contributed by atoms with Crippen LogP contribution in [0.5, 0.6) is 0 Å². The van der Waals surface area contributed by atoms with Gasteiger partial charge in [-0.25, -0.2) is 9.48 Å². The summed E-state index contributed by atoms with van der Waals surface area (Å²) in [5.74, 6) is 0.147. The summed E-state index contributed by atoms with van der Waals surface area (Å²) in [6, 6.07) is 0. The lowest BCUT2D eigenvalue weighted by molar-refractivity contribution is -0.136. The van der Waals surface area contributed by atoms with Gasteiger partial charge in [0.25, 0.3) is 11.8 Å². The molecule has 2 aliphatic carbocycles. The number of hydrogen-bond acceptors (Lipinski definition) is 11. The minimum Gasteiger partial charge on any atom is -0.446 e. The lowest BCUT2D eigenvalue weighted by Crippen LogP contribution is -2.39. The van der Waals surface area contributed by atoms with Crippen LogP contribution >= 0.6 is 0 Å². The molecule has 1 aliphatic heterocycles. The predicted octanol–water partition coefficient (Wildman–Crippen LogP) is 3.88. The predicted molar refractivity (Wildman–Crippen MR) is 198 cm³/mol. The molecule has 14 nitrogen and oxygen atoms in total. The Balaban J connectivity index is 0.000000564. The number of aryl methyl sites for hydroxylation is 2. The van der Waals surface area contributed by atoms with Gasteiger partial charge in [-0.1, -0.05) is 5.21 Å². The molecule has 52 heavy (non-hydrogen) atoms. The van der Waals surface area contributed by atoms with Crippen molar-refractivity contribution in [2.75, 3.05) is 33.4 Å². The smallest absolute Gasteiger partial charge is 0.407 e. The Morgan fingerprint density at radius 1 is 0.904 bits per heavy atom. The number of imide groups is 1. The van der Waals surface area contributed by atoms with Gasteiger partial charge in [0.05, 0.1) is 22.6 Å². The molecular weight excluding hydrogens is 666 g/mol. The molecule has 0 spiro atoms. The lowest BCUT2D eigenvalue weighted by Gasteiger charge is -2.29. The molecule has 0 aromatic carbocycles. The second kappa shape index (κ2) is 18.7. The highest BCUT2D eigenvalue weighted by Gasteiger charge is 2.53. The van der Waals surface area contributed by atoms with Crippen molar-refractivity contribution < 1.29 is 33.4 Å². The molecule has 3 unspecified atom stereocenters. The SMILES string of the molecule is CNC(C)(C)CCOC(C)(C)CCNC(=O)OC1C2CCc3nnn(CCC(C)(C)OCCC(C)(C)N)c3CCC21.O=CCCN1C(=O)C=CC1=O. The van der Waals surface area contributed by atoms with Gasteiger partial charge in [0, 0.05) is 74.3 Å². The van der Waals surface area contributed by atoms with Crippen LogP contribution < -0.4 is 16.4 Å². The third kappa shape index (κ3) is 14.3. The van der Waals surface area contributed by atoms with Gasteiger partial charge >= 0.3 is 6.09 Å². The zero-order valence-electron chi connectivity index (χ0n) is 33.1. The van der Waals surface area contributed by atoms with Gasteiger partial charge in [-0.15, -0.1) is 5.10 Å². The number of carbonyl (C=O) groups excluding carboxylic acids is 4. The maximum atomic E-state index is 12.6. The second-order valence-electron chi connectivity index (χ2n) is 16.9. The van der Waals surface area contributed by atoms with Crippen molar-refractivity contribution in [2.24, 2.45) is 17.6 Å². The van der Waals surface area contributed by atoms with Gasteiger partial charge in [0.15, 0.2) is 0 Å². The lowest BCUT2D eigenvalue weighted by atomic mass is 10.0. The molecule has 1 aromatic heterocycles. The fourth-order valence-electron chi connectivity index (χ4n) is 6.25. The largest absolute Gasteiger partial charge is 0.446 e. The number of nitrogens with one attached hydrogen (secondary N) is 2. The van der Waals surface area contributed by atoms with Gasteiger partial charge < -0.3 is 35.4 Å². The number of nitrogens with zero attached hydrogens (tertiary/aromatic N) is 4. The Morgan fingerprint density at radius 2 is 1.50 bits per heavy atom. The molecule has 1 fully saturated rings. The molecule has 3 aliphatic rings. The number of alkyl carbamates (subject to hydrolysis) is 1. The third-order valence-electron chi connectivity index (χ3n) is 10.3. The van der Waals surface area contributed by atoms with Gasteiger partial charge in [0.2, 0.25) is 0 Å². The highest BCUT2D eigenvalue weighted by atomic mass is 16.6. The third-order valence-corrected chi connectivity index (χ3v) is 10.3. The van der Waals surface area contributed by atoms with Crippen LogP contribution in [0.4, 0.5) is 4.79 Å². The Kier molecular flexibility index (Phi) is 15.5. The molecule has 4 rings (SSSR count). The summed E-state index contributed by atoms with van der Waals surface area (Å²) >= 11 is 0. The van der Waals surface area contributed by atoms with E-state index in [2.05, 4.69) is 67.2 Å². The van der Waals surface area contributed by atoms with Crippen molar-refractivity contribution in [3.05, 3.63) is 23.5 Å². The second-order valence-corrected chi connectivity index (χ2v) is 16.9. The molecular formula is C38H65N7O7. The molecule has 1 saturated carbocycles. The van der Waals surface area contributed by atoms with Crippen LogP contribution in [-0.4, -0.2) is 106 Å². The van der Waals surface area contributed by atoms with Crippen LogP contribution in [0.25, 0.3) is 0 Å². The normalized spacial score (nSPS) is 20.3. The van der Waals surface area contributed by atoms with Crippen molar-refractivity contribution in [3.63, 3.8) is 0 Å². The summed E-state index contributed by atoms with van der Waals surface area (Å²) in [6.07, 6.45) is 10.0. The Bertz CT molecular complexity index is 1360. The van der Waals surface area contributed by atoms with E-state index in [-0.39, 0.29) is 59.3 Å². The summed E-state index contributed by atoms with van der Waals surface area (Å²) in [6.45, 7) is 19.5. The highest BCUT2D eigenvalue weighted by molar-refractivity contribution is 6.12. The van der Waals surface area contributed by atoms with Gasteiger partial charge in [-0.3, -0.25) is 14.5 Å². The average molecular weight is 732 g/mol. The highest BCUT2D eigenvalue weighted by Crippen LogP contribution is 2.49. The van der Waals surface area contributed by atoms with Crippen molar-refractivity contribution in [1.82, 2.24) is 30.5 Å². The van der Waals surface area contributed by atoms with Crippen LogP contribution in [0.2, 0.25) is 0 Å². The Hall–Kier alpha value is -3.20. The molecule has 4 N–H and O–H groups in total. The van der Waals surface area contributed by atoms with E-state index < -0.39 is 0 Å². The first-order valence-corrected chi connectivity index (χ1v) is 18.8. The monoisotopic (exact) mass is 731 g/mol. The van der Waals surface area contributed by atoms with Gasteiger partial charge in [0.1, 0.15) is 12.4 Å². The first kappa shape index (κ1) is 43.2. The maximum absolute atomic E-state index is 12.6. The van der Waals surface area contributed by atoms with E-state index in [0.29, 0.717) is 37.9 Å². The molecule has 0 radical (unpaired) electrons. The zero-order chi connectivity index (χ0) is 38.7. The maximum Gasteiger partial charge on any atom is 0.407 e. The average Bonchev–Trinajstić information content (AvgIpc) is 3.33. The van der Waals surface area contributed by atoms with Crippen LogP contribution in [-0.2, 0) is 48.0 Å². The minimum atomic E-state index is -0.336. The number of aromatic nitrogens is 3. The molecule has 14 heteroatoms. The number of nitrogens with two attached hydrogens (primary N) is 1. The van der Waals surface area contributed by atoms with Crippen LogP contribution in [0.3, 0.4) is 0 Å². The van der Waals surface area contributed by atoms with Gasteiger partial charge in [-0.05, 0) is 114 Å². The summed E-state index contributed by atoms with van der Waals surface area (Å²) < 4.78 is 20.2. The topological polar surface area (TPSA) is 180 Å². The van der Waals surface area contributed by atoms with E-state index >= 15 is 0 Å². The fraction of sp³-hybridized carbons (Fsp3) is 0.789. The van der Waals surface area contributed by atoms with Gasteiger partial charge in [-0.2, -0.15) is 0 Å². The van der Waals surface area contributed by atoms with Crippen molar-refractivity contribution in [3.8, 4) is 0 Å². The number of aldehydes is 1. The van der Waals surface area contributed by atoms with Crippen LogP contribution in [0.1, 0.15) is 112 Å². The number of hydrogen-bond donors (Lipinski definition) is 3. The minimum absolute atomic E-state index is 0.00687. The van der Waals surface area contributed by atoms with E-state index in [1.165, 1.54) is 17.8 Å². The molecule has 1 aromatic rings. The number of carbonyl (C=O) groups is 4. The van der Waals surface area contributed by atoms with E-state index in [1.807, 2.05) is 20.9 Å². The van der Waals surface area contributed by atoms with E-state index in [9.17, 15) is 19.2 Å². The Morgan fingerprint density at radius 3 is 2.10 bits per heavy atom. The Labute approximate surface area is 310 Å². The number of rotatable bonds is 19. The molecule has 2 heterocycles. The van der Waals surface area contributed by atoms with E-state index in [1.54, 1.807) is 0 Å². The zero-order valence-corrected chi connectivity index (χ0v) is 33.1. The van der Waals surface area contributed by atoms with E-state index in [0.717, 1.165) is 68.5 Å². The summed E-state index contributed by atoms with van der Waals surface area (Å²) in [4.78, 5) is 45.1. The fourth-order valence-corrected chi connectivity index (χ4v) is 6.25. The molecule has 3 amide bonds. The first-order chi connectivity index (χ1) is 24.3. The van der Waals surface area contributed by atoms with E-state index in [4.69, 9.17) is 19.9 Å². The summed E-state index contributed by atoms with van der Waals surface area (Å²) in [5.41, 5.74) is 7.65. The summed E-state index contributed by atoms with van der Waals surface area (Å²) in [7, 11) is 1.97. The van der Waals surface area contributed by atoms with Crippen molar-refractivity contribution >= 4 is 24.2 Å². The summed E-state index contributed by atoms with van der Waals surface area (Å²) in [5, 5.41) is 15.2. The van der Waals surface area contributed by atoms with Crippen molar-refractivity contribution in [2.45, 2.75) is 148 Å². The molecule has 3 atom stereocenters. The number of amides is 3. The number of fused-ring (bicyclic) bond motifs is 2. The quantitative estimate of drug-likeness (QED) is 0.139. The molecule has 0 bridgehead atoms. The van der Waals surface area contributed by atoms with Crippen molar-refractivity contribution in [1.29, 1.82) is 0 Å². The van der Waals surface area contributed by atoms with Crippen LogP contribution in [0.15, 0.2) is 12.2 Å². The molecule has 294 valence electrons.